The van der Waals surface area contributed by atoms with Crippen molar-refractivity contribution in [2.24, 2.45) is 0 Å². The van der Waals surface area contributed by atoms with Gasteiger partial charge in [0.1, 0.15) is 5.82 Å². The Morgan fingerprint density at radius 3 is 2.88 bits per heavy atom. The standard InChI is InChI=1S/C19H22BrN3O/c1-14-9-19(21-10-16(14)20)23-12-17-18(13-23)24-8-7-22(17)11-15-5-3-2-4-6-15/h2-6,9-10,17-18H,7-8,11-13H2,1H3. The lowest BCUT2D eigenvalue weighted by atomic mass is 10.1. The third-order valence-electron chi connectivity index (χ3n) is 5.00. The Morgan fingerprint density at radius 2 is 2.08 bits per heavy atom. The van der Waals surface area contributed by atoms with Gasteiger partial charge in [-0.3, -0.25) is 4.90 Å². The number of hydrogen-bond acceptors (Lipinski definition) is 4. The van der Waals surface area contributed by atoms with E-state index in [0.29, 0.717) is 6.04 Å². The van der Waals surface area contributed by atoms with Crippen LogP contribution in [0.3, 0.4) is 0 Å². The van der Waals surface area contributed by atoms with E-state index >= 15 is 0 Å². The summed E-state index contributed by atoms with van der Waals surface area (Å²) in [5.41, 5.74) is 2.59. The van der Waals surface area contributed by atoms with Gasteiger partial charge in [0.15, 0.2) is 0 Å². The van der Waals surface area contributed by atoms with E-state index in [1.54, 1.807) is 0 Å². The molecule has 2 fully saturated rings. The van der Waals surface area contributed by atoms with Gasteiger partial charge in [0.25, 0.3) is 0 Å². The summed E-state index contributed by atoms with van der Waals surface area (Å²) in [7, 11) is 0. The van der Waals surface area contributed by atoms with E-state index in [2.05, 4.69) is 74.0 Å². The second kappa shape index (κ2) is 6.82. The van der Waals surface area contributed by atoms with Crippen LogP contribution in [-0.4, -0.2) is 48.3 Å². The Kier molecular flexibility index (Phi) is 4.57. The zero-order valence-electron chi connectivity index (χ0n) is 13.9. The summed E-state index contributed by atoms with van der Waals surface area (Å²) >= 11 is 3.53. The van der Waals surface area contributed by atoms with E-state index in [1.165, 1.54) is 11.1 Å². The van der Waals surface area contributed by atoms with E-state index in [0.717, 1.165) is 43.1 Å². The molecular weight excluding hydrogens is 366 g/mol. The molecule has 2 aromatic rings. The van der Waals surface area contributed by atoms with Crippen LogP contribution in [0.5, 0.6) is 0 Å². The van der Waals surface area contributed by atoms with Gasteiger partial charge < -0.3 is 9.64 Å². The van der Waals surface area contributed by atoms with E-state index in [-0.39, 0.29) is 6.10 Å². The molecule has 4 rings (SSSR count). The molecular formula is C19H22BrN3O. The van der Waals surface area contributed by atoms with Crippen LogP contribution in [0.4, 0.5) is 5.82 Å². The summed E-state index contributed by atoms with van der Waals surface area (Å²) in [5, 5.41) is 0. The van der Waals surface area contributed by atoms with E-state index in [9.17, 15) is 0 Å². The van der Waals surface area contributed by atoms with Gasteiger partial charge in [-0.2, -0.15) is 0 Å². The number of morpholine rings is 1. The molecule has 2 aliphatic heterocycles. The molecule has 0 radical (unpaired) electrons. The number of aromatic nitrogens is 1. The van der Waals surface area contributed by atoms with Crippen molar-refractivity contribution in [1.29, 1.82) is 0 Å². The number of fused-ring (bicyclic) bond motifs is 1. The molecule has 0 aliphatic carbocycles. The molecule has 1 aromatic carbocycles. The maximum Gasteiger partial charge on any atom is 0.128 e. The van der Waals surface area contributed by atoms with Gasteiger partial charge in [-0.05, 0) is 40.0 Å². The Labute approximate surface area is 151 Å². The maximum absolute atomic E-state index is 6.06. The number of halogens is 1. The molecule has 4 nitrogen and oxygen atoms in total. The lowest BCUT2D eigenvalue weighted by molar-refractivity contribution is -0.0499. The van der Waals surface area contributed by atoms with E-state index in [4.69, 9.17) is 4.74 Å². The van der Waals surface area contributed by atoms with Crippen LogP contribution in [-0.2, 0) is 11.3 Å². The first-order valence-corrected chi connectivity index (χ1v) is 9.26. The number of anilines is 1. The summed E-state index contributed by atoms with van der Waals surface area (Å²) in [6.07, 6.45) is 2.17. The normalized spacial score (nSPS) is 24.2. The van der Waals surface area contributed by atoms with Crippen molar-refractivity contribution in [1.82, 2.24) is 9.88 Å². The second-order valence-corrected chi connectivity index (χ2v) is 7.48. The number of nitrogens with zero attached hydrogens (tertiary/aromatic N) is 3. The smallest absolute Gasteiger partial charge is 0.128 e. The van der Waals surface area contributed by atoms with Gasteiger partial charge in [-0.1, -0.05) is 30.3 Å². The third-order valence-corrected chi connectivity index (χ3v) is 5.83. The first-order valence-electron chi connectivity index (χ1n) is 8.47. The highest BCUT2D eigenvalue weighted by Crippen LogP contribution is 2.29. The highest BCUT2D eigenvalue weighted by molar-refractivity contribution is 9.10. The number of rotatable bonds is 3. The summed E-state index contributed by atoms with van der Waals surface area (Å²) in [5.74, 6) is 1.05. The van der Waals surface area contributed by atoms with Crippen molar-refractivity contribution in [2.45, 2.75) is 25.6 Å². The quantitative estimate of drug-likeness (QED) is 0.807. The molecule has 2 atom stereocenters. The van der Waals surface area contributed by atoms with Gasteiger partial charge in [-0.15, -0.1) is 0 Å². The first kappa shape index (κ1) is 16.1. The number of hydrogen-bond donors (Lipinski definition) is 0. The minimum atomic E-state index is 0.271. The Bertz CT molecular complexity index is 709. The van der Waals surface area contributed by atoms with Gasteiger partial charge in [-0.25, -0.2) is 4.98 Å². The minimum Gasteiger partial charge on any atom is -0.373 e. The van der Waals surface area contributed by atoms with Crippen LogP contribution in [0.25, 0.3) is 0 Å². The summed E-state index contributed by atoms with van der Waals surface area (Å²) in [6, 6.07) is 13.3. The first-order chi connectivity index (χ1) is 11.7. The second-order valence-electron chi connectivity index (χ2n) is 6.63. The number of benzene rings is 1. The molecule has 24 heavy (non-hydrogen) atoms. The minimum absolute atomic E-state index is 0.271. The lowest BCUT2D eigenvalue weighted by Crippen LogP contribution is -2.50. The predicted octanol–water partition coefficient (Wildman–Crippen LogP) is 3.24. The molecule has 1 aromatic heterocycles. The predicted molar refractivity (Wildman–Crippen MR) is 99.3 cm³/mol. The zero-order chi connectivity index (χ0) is 16.5. The van der Waals surface area contributed by atoms with Crippen molar-refractivity contribution < 1.29 is 4.74 Å². The number of aryl methyl sites for hydroxylation is 1. The van der Waals surface area contributed by atoms with Crippen LogP contribution in [0.1, 0.15) is 11.1 Å². The molecule has 0 N–H and O–H groups in total. The molecule has 3 heterocycles. The van der Waals surface area contributed by atoms with E-state index < -0.39 is 0 Å². The molecule has 2 saturated heterocycles. The molecule has 0 bridgehead atoms. The molecule has 0 saturated carbocycles. The molecule has 2 unspecified atom stereocenters. The van der Waals surface area contributed by atoms with Crippen molar-refractivity contribution >= 4 is 21.7 Å². The summed E-state index contributed by atoms with van der Waals surface area (Å²) in [6.45, 7) is 6.81. The fraction of sp³-hybridized carbons (Fsp3) is 0.421. The van der Waals surface area contributed by atoms with Crippen LogP contribution >= 0.6 is 15.9 Å². The van der Waals surface area contributed by atoms with Gasteiger partial charge >= 0.3 is 0 Å². The fourth-order valence-electron chi connectivity index (χ4n) is 3.66. The molecule has 0 amide bonds. The Morgan fingerprint density at radius 1 is 1.25 bits per heavy atom. The molecule has 2 aliphatic rings. The van der Waals surface area contributed by atoms with Gasteiger partial charge in [0.2, 0.25) is 0 Å². The Hall–Kier alpha value is -1.43. The number of ether oxygens (including phenoxy) is 1. The molecule has 126 valence electrons. The van der Waals surface area contributed by atoms with Crippen molar-refractivity contribution in [3.63, 3.8) is 0 Å². The monoisotopic (exact) mass is 387 g/mol. The lowest BCUT2D eigenvalue weighted by Gasteiger charge is -2.36. The fourth-order valence-corrected chi connectivity index (χ4v) is 3.87. The average Bonchev–Trinajstić information content (AvgIpc) is 3.04. The Balaban J connectivity index is 1.50. The maximum atomic E-state index is 6.06. The zero-order valence-corrected chi connectivity index (χ0v) is 15.4. The van der Waals surface area contributed by atoms with Crippen molar-refractivity contribution in [2.75, 3.05) is 31.1 Å². The van der Waals surface area contributed by atoms with Gasteiger partial charge in [0.05, 0.1) is 18.8 Å². The summed E-state index contributed by atoms with van der Waals surface area (Å²) < 4.78 is 7.12. The van der Waals surface area contributed by atoms with Gasteiger partial charge in [0, 0.05) is 36.8 Å². The van der Waals surface area contributed by atoms with Crippen molar-refractivity contribution in [3.05, 3.63) is 58.2 Å². The topological polar surface area (TPSA) is 28.6 Å². The average molecular weight is 388 g/mol. The SMILES string of the molecule is Cc1cc(N2CC3OCCN(Cc4ccccc4)C3C2)ncc1Br. The highest BCUT2D eigenvalue weighted by Gasteiger charge is 2.40. The highest BCUT2D eigenvalue weighted by atomic mass is 79.9. The third kappa shape index (κ3) is 3.21. The van der Waals surface area contributed by atoms with Crippen LogP contribution in [0.2, 0.25) is 0 Å². The molecule has 5 heteroatoms. The largest absolute Gasteiger partial charge is 0.373 e. The number of pyridine rings is 1. The van der Waals surface area contributed by atoms with E-state index in [1.807, 2.05) is 6.20 Å². The van der Waals surface area contributed by atoms with Crippen LogP contribution in [0.15, 0.2) is 47.1 Å². The molecule has 0 spiro atoms. The summed E-state index contributed by atoms with van der Waals surface area (Å²) in [4.78, 5) is 9.52. The van der Waals surface area contributed by atoms with Crippen LogP contribution in [0, 0.1) is 6.92 Å². The van der Waals surface area contributed by atoms with Crippen LogP contribution < -0.4 is 4.90 Å². The van der Waals surface area contributed by atoms with Crippen molar-refractivity contribution in [3.8, 4) is 0 Å².